The minimum Gasteiger partial charge on any atom is -0.459 e. The summed E-state index contributed by atoms with van der Waals surface area (Å²) in [4.78, 5) is 13.5. The Kier molecular flexibility index (Phi) is 7.99. The topological polar surface area (TPSA) is 62.1 Å². The fraction of sp³-hybridized carbons (Fsp3) is 0.481. The molecule has 35 heavy (non-hydrogen) atoms. The second kappa shape index (κ2) is 10.0. The van der Waals surface area contributed by atoms with Gasteiger partial charge in [0.25, 0.3) is 0 Å². The molecule has 0 radical (unpaired) electrons. The van der Waals surface area contributed by atoms with Crippen molar-refractivity contribution < 1.29 is 13.9 Å². The molecule has 188 valence electrons. The molecule has 3 rings (SSSR count). The Morgan fingerprint density at radius 2 is 1.86 bits per heavy atom. The lowest BCUT2D eigenvalue weighted by Gasteiger charge is -2.38. The molecule has 1 fully saturated rings. The largest absolute Gasteiger partial charge is 0.459 e. The number of halogens is 4. The first-order valence-corrected chi connectivity index (χ1v) is 13.0. The predicted octanol–water partition coefficient (Wildman–Crippen LogP) is 7.56. The van der Waals surface area contributed by atoms with E-state index < -0.39 is 40.8 Å². The summed E-state index contributed by atoms with van der Waals surface area (Å²) in [5, 5.41) is 14.7. The van der Waals surface area contributed by atoms with E-state index >= 15 is 4.39 Å². The summed E-state index contributed by atoms with van der Waals surface area (Å²) in [6.45, 7) is 11.5. The third-order valence-corrected chi connectivity index (χ3v) is 7.29. The third kappa shape index (κ3) is 5.69. The molecule has 1 aliphatic rings. The maximum atomic E-state index is 15.6. The van der Waals surface area contributed by atoms with Crippen molar-refractivity contribution in [2.45, 2.75) is 77.0 Å². The van der Waals surface area contributed by atoms with Gasteiger partial charge in [-0.2, -0.15) is 5.26 Å². The standard InChI is InChI=1S/C27H30BrCl2FN2O2/c1-25(2,3)13-20-27(14-32,17-11-10-15(29)12-18(17)28)21(16-8-7-9-19(30)22(16)31)23(33-20)24(34)35-26(4,5)6/h7-12,20-21,23,33H,13H2,1-6H3. The number of benzene rings is 2. The molecular formula is C27H30BrCl2FN2O2. The van der Waals surface area contributed by atoms with Crippen LogP contribution in [0.25, 0.3) is 0 Å². The van der Waals surface area contributed by atoms with E-state index in [1.807, 2.05) is 0 Å². The zero-order chi connectivity index (χ0) is 26.3. The zero-order valence-electron chi connectivity index (χ0n) is 20.7. The Morgan fingerprint density at radius 1 is 1.20 bits per heavy atom. The first-order chi connectivity index (χ1) is 16.1. The maximum Gasteiger partial charge on any atom is 0.324 e. The number of esters is 1. The fourth-order valence-corrected chi connectivity index (χ4v) is 6.09. The van der Waals surface area contributed by atoms with E-state index in [0.29, 0.717) is 21.5 Å². The van der Waals surface area contributed by atoms with Gasteiger partial charge in [0.1, 0.15) is 22.9 Å². The molecule has 0 spiro atoms. The van der Waals surface area contributed by atoms with Crippen LogP contribution < -0.4 is 5.32 Å². The highest BCUT2D eigenvalue weighted by molar-refractivity contribution is 9.10. The quantitative estimate of drug-likeness (QED) is 0.377. The Hall–Kier alpha value is -1.65. The molecule has 1 aliphatic heterocycles. The van der Waals surface area contributed by atoms with Crippen LogP contribution in [0.2, 0.25) is 10.0 Å². The number of hydrogen-bond acceptors (Lipinski definition) is 4. The number of nitriles is 1. The predicted molar refractivity (Wildman–Crippen MR) is 141 cm³/mol. The average molecular weight is 584 g/mol. The van der Waals surface area contributed by atoms with Crippen molar-refractivity contribution in [2.24, 2.45) is 5.41 Å². The van der Waals surface area contributed by atoms with Crippen LogP contribution in [-0.4, -0.2) is 23.7 Å². The van der Waals surface area contributed by atoms with E-state index in [4.69, 9.17) is 27.9 Å². The van der Waals surface area contributed by atoms with Crippen LogP contribution >= 0.6 is 39.1 Å². The van der Waals surface area contributed by atoms with E-state index in [1.54, 1.807) is 51.1 Å². The average Bonchev–Trinajstić information content (AvgIpc) is 3.02. The Labute approximate surface area is 225 Å². The molecule has 2 aromatic rings. The molecule has 1 heterocycles. The lowest BCUT2D eigenvalue weighted by molar-refractivity contribution is -0.157. The number of carbonyl (C=O) groups is 1. The van der Waals surface area contributed by atoms with Gasteiger partial charge in [-0.05, 0) is 61.9 Å². The minimum absolute atomic E-state index is 0.0771. The van der Waals surface area contributed by atoms with E-state index in [1.165, 1.54) is 6.07 Å². The summed E-state index contributed by atoms with van der Waals surface area (Å²) < 4.78 is 21.9. The van der Waals surface area contributed by atoms with Crippen molar-refractivity contribution in [1.29, 1.82) is 5.26 Å². The number of hydrogen-bond donors (Lipinski definition) is 1. The SMILES string of the molecule is CC(C)(C)CC1NC(C(=O)OC(C)(C)C)C(c2cccc(Cl)c2F)C1(C#N)c1ccc(Cl)cc1Br. The summed E-state index contributed by atoms with van der Waals surface area (Å²) in [5.74, 6) is -2.13. The van der Waals surface area contributed by atoms with Crippen LogP contribution in [0.3, 0.4) is 0 Å². The van der Waals surface area contributed by atoms with E-state index in [2.05, 4.69) is 48.1 Å². The van der Waals surface area contributed by atoms with Crippen LogP contribution in [0.4, 0.5) is 4.39 Å². The lowest BCUT2D eigenvalue weighted by Crippen LogP contribution is -2.44. The minimum atomic E-state index is -1.34. The molecule has 4 unspecified atom stereocenters. The molecule has 1 saturated heterocycles. The number of ether oxygens (including phenoxy) is 1. The van der Waals surface area contributed by atoms with Crippen LogP contribution in [0.15, 0.2) is 40.9 Å². The number of rotatable bonds is 4. The van der Waals surface area contributed by atoms with Crippen molar-refractivity contribution in [1.82, 2.24) is 5.32 Å². The first kappa shape index (κ1) is 27.9. The third-order valence-electron chi connectivity index (χ3n) is 6.11. The van der Waals surface area contributed by atoms with Crippen LogP contribution in [-0.2, 0) is 14.9 Å². The molecular weight excluding hydrogens is 554 g/mol. The first-order valence-electron chi connectivity index (χ1n) is 11.4. The molecule has 0 saturated carbocycles. The summed E-state index contributed by atoms with van der Waals surface area (Å²) in [7, 11) is 0. The highest BCUT2D eigenvalue weighted by atomic mass is 79.9. The van der Waals surface area contributed by atoms with Gasteiger partial charge in [0.2, 0.25) is 0 Å². The lowest BCUT2D eigenvalue weighted by atomic mass is 9.63. The van der Waals surface area contributed by atoms with Crippen molar-refractivity contribution in [3.8, 4) is 6.07 Å². The molecule has 4 nitrogen and oxygen atoms in total. The number of nitrogens with one attached hydrogen (secondary N) is 1. The zero-order valence-corrected chi connectivity index (χ0v) is 23.8. The Balaban J connectivity index is 2.37. The van der Waals surface area contributed by atoms with Gasteiger partial charge in [-0.3, -0.25) is 10.1 Å². The summed E-state index contributed by atoms with van der Waals surface area (Å²) >= 11 is 16.0. The van der Waals surface area contributed by atoms with Gasteiger partial charge in [-0.15, -0.1) is 0 Å². The normalized spacial score (nSPS) is 24.8. The highest BCUT2D eigenvalue weighted by Crippen LogP contribution is 2.54. The molecule has 0 aromatic heterocycles. The van der Waals surface area contributed by atoms with Gasteiger partial charge in [0.15, 0.2) is 0 Å². The van der Waals surface area contributed by atoms with Crippen LogP contribution in [0, 0.1) is 22.6 Å². The van der Waals surface area contributed by atoms with Crippen LogP contribution in [0.1, 0.15) is 65.0 Å². The smallest absolute Gasteiger partial charge is 0.324 e. The van der Waals surface area contributed by atoms with E-state index in [0.717, 1.165) is 0 Å². The molecule has 0 bridgehead atoms. The maximum absolute atomic E-state index is 15.6. The second-order valence-electron chi connectivity index (χ2n) is 11.2. The van der Waals surface area contributed by atoms with Crippen molar-refractivity contribution >= 4 is 45.1 Å². The number of carbonyl (C=O) groups excluding carboxylic acids is 1. The summed E-state index contributed by atoms with van der Waals surface area (Å²) in [6.07, 6.45) is 0.535. The molecule has 8 heteroatoms. The fourth-order valence-electron chi connectivity index (χ4n) is 4.90. The molecule has 0 amide bonds. The van der Waals surface area contributed by atoms with Gasteiger partial charge in [-0.25, -0.2) is 4.39 Å². The summed E-state index contributed by atoms with van der Waals surface area (Å²) in [5.41, 5.74) is -1.53. The Morgan fingerprint density at radius 3 is 2.40 bits per heavy atom. The van der Waals surface area contributed by atoms with E-state index in [9.17, 15) is 10.1 Å². The highest BCUT2D eigenvalue weighted by Gasteiger charge is 2.61. The molecule has 0 aliphatic carbocycles. The van der Waals surface area contributed by atoms with Crippen LogP contribution in [0.5, 0.6) is 0 Å². The summed E-state index contributed by atoms with van der Waals surface area (Å²) in [6, 6.07) is 10.8. The van der Waals surface area contributed by atoms with Gasteiger partial charge in [0, 0.05) is 21.5 Å². The van der Waals surface area contributed by atoms with Crippen molar-refractivity contribution in [3.05, 3.63) is 67.9 Å². The van der Waals surface area contributed by atoms with Gasteiger partial charge in [-0.1, -0.05) is 78.1 Å². The molecule has 1 N–H and O–H groups in total. The Bertz CT molecular complexity index is 1170. The number of nitrogens with zero attached hydrogens (tertiary/aromatic N) is 1. The van der Waals surface area contributed by atoms with Crippen molar-refractivity contribution in [3.63, 3.8) is 0 Å². The van der Waals surface area contributed by atoms with Gasteiger partial charge >= 0.3 is 5.97 Å². The second-order valence-corrected chi connectivity index (χ2v) is 12.9. The van der Waals surface area contributed by atoms with Gasteiger partial charge < -0.3 is 4.74 Å². The van der Waals surface area contributed by atoms with E-state index in [-0.39, 0.29) is 16.0 Å². The monoisotopic (exact) mass is 582 g/mol. The van der Waals surface area contributed by atoms with Gasteiger partial charge in [0.05, 0.1) is 11.1 Å². The molecule has 2 aromatic carbocycles. The molecule has 4 atom stereocenters. The van der Waals surface area contributed by atoms with Crippen molar-refractivity contribution in [2.75, 3.05) is 0 Å².